The summed E-state index contributed by atoms with van der Waals surface area (Å²) in [5, 5.41) is 54.2. The van der Waals surface area contributed by atoms with Crippen molar-refractivity contribution < 1.29 is 39.8 Å². The Kier molecular flexibility index (Phi) is 36.6. The van der Waals surface area contributed by atoms with E-state index in [-0.39, 0.29) is 12.5 Å². The second kappa shape index (κ2) is 38.8. The first-order valence-electron chi connectivity index (χ1n) is 24.1. The van der Waals surface area contributed by atoms with Crippen LogP contribution in [0.15, 0.2) is 24.3 Å². The van der Waals surface area contributed by atoms with Gasteiger partial charge in [0, 0.05) is 6.42 Å². The first-order chi connectivity index (χ1) is 27.8. The van der Waals surface area contributed by atoms with E-state index < -0.39 is 49.5 Å². The lowest BCUT2D eigenvalue weighted by atomic mass is 9.99. The molecule has 1 aliphatic rings. The molecule has 2 unspecified atom stereocenters. The first kappa shape index (κ1) is 53.7. The number of ether oxygens (including phenoxy) is 2. The van der Waals surface area contributed by atoms with Gasteiger partial charge in [-0.3, -0.25) is 4.79 Å². The zero-order valence-electron chi connectivity index (χ0n) is 36.9. The summed E-state index contributed by atoms with van der Waals surface area (Å²) in [4.78, 5) is 13.0. The van der Waals surface area contributed by atoms with Crippen LogP contribution in [0.25, 0.3) is 0 Å². The van der Waals surface area contributed by atoms with Gasteiger partial charge < -0.3 is 40.3 Å². The van der Waals surface area contributed by atoms with E-state index in [2.05, 4.69) is 31.3 Å². The van der Waals surface area contributed by atoms with Gasteiger partial charge >= 0.3 is 0 Å². The first-order valence-corrected chi connectivity index (χ1v) is 24.1. The van der Waals surface area contributed by atoms with Crippen LogP contribution in [-0.2, 0) is 14.3 Å². The maximum Gasteiger partial charge on any atom is 0.220 e. The SMILES string of the molecule is CCCCCCCC/C=C\CCCCCCCCCCCCCC(=O)N[C@@H](CO[C@@H]1O[C@H](CO)[C@H](O)C(O)C1O)[C@H](O)/C=C/CCCCCCCCCCCCC. The molecule has 0 spiro atoms. The van der Waals surface area contributed by atoms with Crippen LogP contribution >= 0.6 is 0 Å². The molecular formula is C48H91NO8. The van der Waals surface area contributed by atoms with Gasteiger partial charge in [0.2, 0.25) is 5.91 Å². The third-order valence-electron chi connectivity index (χ3n) is 11.5. The van der Waals surface area contributed by atoms with Gasteiger partial charge in [-0.05, 0) is 44.9 Å². The topological polar surface area (TPSA) is 149 Å². The molecule has 7 atom stereocenters. The van der Waals surface area contributed by atoms with Crippen molar-refractivity contribution in [2.75, 3.05) is 13.2 Å². The summed E-state index contributed by atoms with van der Waals surface area (Å²) in [5.41, 5.74) is 0. The minimum absolute atomic E-state index is 0.177. The minimum Gasteiger partial charge on any atom is -0.394 e. The van der Waals surface area contributed by atoms with Crippen LogP contribution in [0.4, 0.5) is 0 Å². The maximum absolute atomic E-state index is 13.0. The van der Waals surface area contributed by atoms with Crippen molar-refractivity contribution in [1.82, 2.24) is 5.32 Å². The van der Waals surface area contributed by atoms with Crippen LogP contribution in [-0.4, -0.2) is 87.5 Å². The van der Waals surface area contributed by atoms with Crippen molar-refractivity contribution in [3.8, 4) is 0 Å². The molecule has 57 heavy (non-hydrogen) atoms. The largest absolute Gasteiger partial charge is 0.394 e. The summed E-state index contributed by atoms with van der Waals surface area (Å²) in [7, 11) is 0. The number of aliphatic hydroxyl groups excluding tert-OH is 5. The Morgan fingerprint density at radius 1 is 0.579 bits per heavy atom. The van der Waals surface area contributed by atoms with Crippen molar-refractivity contribution in [3.63, 3.8) is 0 Å². The second-order valence-corrected chi connectivity index (χ2v) is 16.9. The highest BCUT2D eigenvalue weighted by molar-refractivity contribution is 5.76. The summed E-state index contributed by atoms with van der Waals surface area (Å²) in [5.74, 6) is -0.177. The highest BCUT2D eigenvalue weighted by Crippen LogP contribution is 2.23. The molecule has 9 nitrogen and oxygen atoms in total. The highest BCUT2D eigenvalue weighted by Gasteiger charge is 2.44. The normalized spacial score (nSPS) is 21.1. The number of hydrogen-bond donors (Lipinski definition) is 6. The van der Waals surface area contributed by atoms with Gasteiger partial charge in [0.15, 0.2) is 6.29 Å². The number of nitrogens with one attached hydrogen (secondary N) is 1. The number of hydrogen-bond acceptors (Lipinski definition) is 8. The lowest BCUT2D eigenvalue weighted by Gasteiger charge is -2.40. The third-order valence-corrected chi connectivity index (χ3v) is 11.5. The van der Waals surface area contributed by atoms with E-state index in [0.29, 0.717) is 6.42 Å². The number of carbonyl (C=O) groups excluding carboxylic acids is 1. The molecule has 0 saturated carbocycles. The van der Waals surface area contributed by atoms with E-state index in [1.807, 2.05) is 6.08 Å². The summed E-state index contributed by atoms with van der Waals surface area (Å²) >= 11 is 0. The molecule has 0 aromatic heterocycles. The zero-order valence-corrected chi connectivity index (χ0v) is 36.9. The number of unbranched alkanes of at least 4 members (excludes halogenated alkanes) is 28. The molecule has 0 aromatic carbocycles. The fourth-order valence-corrected chi connectivity index (χ4v) is 7.62. The lowest BCUT2D eigenvalue weighted by molar-refractivity contribution is -0.302. The molecule has 336 valence electrons. The molecule has 1 amide bonds. The smallest absolute Gasteiger partial charge is 0.220 e. The van der Waals surface area contributed by atoms with Crippen LogP contribution in [0, 0.1) is 0 Å². The molecular weight excluding hydrogens is 719 g/mol. The zero-order chi connectivity index (χ0) is 41.6. The Bertz CT molecular complexity index is 945. The van der Waals surface area contributed by atoms with Crippen molar-refractivity contribution in [3.05, 3.63) is 24.3 Å². The molecule has 1 heterocycles. The van der Waals surface area contributed by atoms with Gasteiger partial charge in [-0.15, -0.1) is 0 Å². The molecule has 0 bridgehead atoms. The average Bonchev–Trinajstić information content (AvgIpc) is 3.21. The average molecular weight is 810 g/mol. The van der Waals surface area contributed by atoms with Gasteiger partial charge in [-0.1, -0.05) is 192 Å². The van der Waals surface area contributed by atoms with E-state index >= 15 is 0 Å². The Morgan fingerprint density at radius 2 is 0.982 bits per heavy atom. The van der Waals surface area contributed by atoms with Crippen molar-refractivity contribution in [2.45, 2.75) is 262 Å². The van der Waals surface area contributed by atoms with Gasteiger partial charge in [0.25, 0.3) is 0 Å². The predicted octanol–water partition coefficient (Wildman–Crippen LogP) is 10.3. The van der Waals surface area contributed by atoms with Crippen LogP contribution < -0.4 is 5.32 Å². The summed E-state index contributed by atoms with van der Waals surface area (Å²) in [6.45, 7) is 3.77. The van der Waals surface area contributed by atoms with E-state index in [1.165, 1.54) is 161 Å². The second-order valence-electron chi connectivity index (χ2n) is 16.9. The van der Waals surface area contributed by atoms with Gasteiger partial charge in [0.1, 0.15) is 24.4 Å². The maximum atomic E-state index is 13.0. The number of rotatable bonds is 40. The van der Waals surface area contributed by atoms with Gasteiger partial charge in [-0.25, -0.2) is 0 Å². The van der Waals surface area contributed by atoms with Crippen LogP contribution in [0.1, 0.15) is 219 Å². The number of amides is 1. The summed E-state index contributed by atoms with van der Waals surface area (Å²) in [6.07, 6.45) is 39.3. The van der Waals surface area contributed by atoms with E-state index in [0.717, 1.165) is 38.5 Å². The lowest BCUT2D eigenvalue weighted by Crippen LogP contribution is -2.60. The van der Waals surface area contributed by atoms with Gasteiger partial charge in [0.05, 0.1) is 25.4 Å². The van der Waals surface area contributed by atoms with Crippen molar-refractivity contribution in [2.24, 2.45) is 0 Å². The predicted molar refractivity (Wildman–Crippen MR) is 235 cm³/mol. The minimum atomic E-state index is -1.56. The molecule has 0 aliphatic carbocycles. The van der Waals surface area contributed by atoms with Crippen LogP contribution in [0.2, 0.25) is 0 Å². The third kappa shape index (κ3) is 29.5. The summed E-state index contributed by atoms with van der Waals surface area (Å²) < 4.78 is 11.2. The van der Waals surface area contributed by atoms with E-state index in [4.69, 9.17) is 9.47 Å². The standard InChI is InChI=1S/C48H91NO8/c1-3-5-7-9-11-13-15-17-18-19-20-21-22-23-24-26-28-30-32-34-36-38-44(52)49-41(40-56-48-47(55)46(54)45(53)43(39-50)57-48)42(51)37-35-33-31-29-27-25-16-14-12-10-8-6-4-2/h17-18,35,37,41-43,45-48,50-51,53-55H,3-16,19-34,36,38-40H2,1-2H3,(H,49,52)/b18-17-,37-35+/t41-,42+,43+,45-,46?,47?,48+/m0/s1. The Labute approximate surface area is 349 Å². The van der Waals surface area contributed by atoms with Crippen LogP contribution in [0.3, 0.4) is 0 Å². The molecule has 9 heteroatoms. The van der Waals surface area contributed by atoms with Crippen molar-refractivity contribution in [1.29, 1.82) is 0 Å². The fourth-order valence-electron chi connectivity index (χ4n) is 7.62. The molecule has 1 aliphatic heterocycles. The number of allylic oxidation sites excluding steroid dienone is 3. The number of aliphatic hydroxyl groups is 5. The summed E-state index contributed by atoms with van der Waals surface area (Å²) in [6, 6.07) is -0.801. The van der Waals surface area contributed by atoms with E-state index in [1.54, 1.807) is 6.08 Å². The molecule has 1 saturated heterocycles. The van der Waals surface area contributed by atoms with Crippen molar-refractivity contribution >= 4 is 5.91 Å². The Morgan fingerprint density at radius 3 is 1.42 bits per heavy atom. The van der Waals surface area contributed by atoms with E-state index in [9.17, 15) is 30.3 Å². The number of carbonyl (C=O) groups is 1. The quantitative estimate of drug-likeness (QED) is 0.0265. The molecule has 6 N–H and O–H groups in total. The van der Waals surface area contributed by atoms with Gasteiger partial charge in [-0.2, -0.15) is 0 Å². The molecule has 1 rings (SSSR count). The fraction of sp³-hybridized carbons (Fsp3) is 0.896. The highest BCUT2D eigenvalue weighted by atomic mass is 16.7. The molecule has 1 fully saturated rings. The molecule has 0 aromatic rings. The Hall–Kier alpha value is -1.33. The Balaban J connectivity index is 2.29. The molecule has 0 radical (unpaired) electrons. The monoisotopic (exact) mass is 810 g/mol. The van der Waals surface area contributed by atoms with Crippen LogP contribution in [0.5, 0.6) is 0 Å².